The molecule has 3 heteroatoms. The van der Waals surface area contributed by atoms with E-state index in [2.05, 4.69) is 18.0 Å². The molecule has 0 aliphatic heterocycles. The van der Waals surface area contributed by atoms with E-state index >= 15 is 0 Å². The molecule has 0 saturated heterocycles. The monoisotopic (exact) mass is 238 g/mol. The quantitative estimate of drug-likeness (QED) is 0.894. The SMILES string of the molecule is CCc1ccc(Cc2ccc(O)c(C#N)c2)nc1. The molecule has 2 aromatic rings. The molecule has 0 radical (unpaired) electrons. The Balaban J connectivity index is 2.20. The molecule has 1 aromatic carbocycles. The van der Waals surface area contributed by atoms with Gasteiger partial charge in [0.25, 0.3) is 0 Å². The van der Waals surface area contributed by atoms with Crippen molar-refractivity contribution in [3.05, 3.63) is 58.9 Å². The van der Waals surface area contributed by atoms with E-state index in [1.54, 1.807) is 12.1 Å². The predicted molar refractivity (Wildman–Crippen MR) is 69.2 cm³/mol. The van der Waals surface area contributed by atoms with Crippen LogP contribution in [0.1, 0.15) is 29.3 Å². The van der Waals surface area contributed by atoms with Crippen LogP contribution in [0.3, 0.4) is 0 Å². The van der Waals surface area contributed by atoms with Crippen molar-refractivity contribution in [2.75, 3.05) is 0 Å². The highest BCUT2D eigenvalue weighted by molar-refractivity contribution is 5.45. The van der Waals surface area contributed by atoms with Crippen LogP contribution in [0, 0.1) is 11.3 Å². The third kappa shape index (κ3) is 2.67. The Bertz CT molecular complexity index is 582. The number of aromatic nitrogens is 1. The van der Waals surface area contributed by atoms with Crippen molar-refractivity contribution < 1.29 is 5.11 Å². The summed E-state index contributed by atoms with van der Waals surface area (Å²) in [6.07, 6.45) is 3.52. The lowest BCUT2D eigenvalue weighted by atomic mass is 10.1. The number of nitrogens with zero attached hydrogens (tertiary/aromatic N) is 2. The lowest BCUT2D eigenvalue weighted by molar-refractivity contribution is 0.473. The number of hydrogen-bond acceptors (Lipinski definition) is 3. The molecular formula is C15H14N2O. The third-order valence-electron chi connectivity index (χ3n) is 2.86. The molecule has 1 N–H and O–H groups in total. The van der Waals surface area contributed by atoms with Gasteiger partial charge < -0.3 is 5.11 Å². The molecule has 0 bridgehead atoms. The average Bonchev–Trinajstić information content (AvgIpc) is 2.42. The normalized spacial score (nSPS) is 10.0. The molecule has 0 aliphatic carbocycles. The first-order chi connectivity index (χ1) is 8.72. The van der Waals surface area contributed by atoms with Crippen molar-refractivity contribution in [1.29, 1.82) is 5.26 Å². The van der Waals surface area contributed by atoms with Gasteiger partial charge in [-0.25, -0.2) is 0 Å². The van der Waals surface area contributed by atoms with Crippen LogP contribution < -0.4 is 0 Å². The molecule has 18 heavy (non-hydrogen) atoms. The van der Waals surface area contributed by atoms with Gasteiger partial charge in [0.15, 0.2) is 0 Å². The van der Waals surface area contributed by atoms with Crippen molar-refractivity contribution in [3.63, 3.8) is 0 Å². The zero-order chi connectivity index (χ0) is 13.0. The lowest BCUT2D eigenvalue weighted by Crippen LogP contribution is -1.94. The Morgan fingerprint density at radius 2 is 2.00 bits per heavy atom. The second kappa shape index (κ2) is 5.33. The van der Waals surface area contributed by atoms with Crippen LogP contribution in [-0.4, -0.2) is 10.1 Å². The van der Waals surface area contributed by atoms with Crippen molar-refractivity contribution in [3.8, 4) is 11.8 Å². The molecule has 0 unspecified atom stereocenters. The highest BCUT2D eigenvalue weighted by atomic mass is 16.3. The Morgan fingerprint density at radius 3 is 2.61 bits per heavy atom. The van der Waals surface area contributed by atoms with Crippen LogP contribution in [0.2, 0.25) is 0 Å². The second-order valence-corrected chi connectivity index (χ2v) is 4.15. The van der Waals surface area contributed by atoms with E-state index in [1.807, 2.05) is 24.4 Å². The van der Waals surface area contributed by atoms with Crippen LogP contribution in [0.5, 0.6) is 5.75 Å². The number of hydrogen-bond donors (Lipinski definition) is 1. The predicted octanol–water partition coefficient (Wildman–Crippen LogP) is 2.81. The molecule has 0 spiro atoms. The summed E-state index contributed by atoms with van der Waals surface area (Å²) >= 11 is 0. The molecule has 1 heterocycles. The number of benzene rings is 1. The number of pyridine rings is 1. The summed E-state index contributed by atoms with van der Waals surface area (Å²) in [7, 11) is 0. The van der Waals surface area contributed by atoms with E-state index in [-0.39, 0.29) is 5.75 Å². The first-order valence-electron chi connectivity index (χ1n) is 5.88. The van der Waals surface area contributed by atoms with Gasteiger partial charge in [-0.2, -0.15) is 5.26 Å². The topological polar surface area (TPSA) is 56.9 Å². The van der Waals surface area contributed by atoms with Crippen LogP contribution in [0.4, 0.5) is 0 Å². The Morgan fingerprint density at radius 1 is 1.22 bits per heavy atom. The molecule has 0 saturated carbocycles. The number of aryl methyl sites for hydroxylation is 1. The molecule has 0 aliphatic rings. The first kappa shape index (κ1) is 12.1. The third-order valence-corrected chi connectivity index (χ3v) is 2.86. The number of aromatic hydroxyl groups is 1. The molecule has 3 nitrogen and oxygen atoms in total. The van der Waals surface area contributed by atoms with Gasteiger partial charge in [-0.15, -0.1) is 0 Å². The highest BCUT2D eigenvalue weighted by Crippen LogP contribution is 2.19. The molecule has 0 amide bonds. The maximum Gasteiger partial charge on any atom is 0.133 e. The summed E-state index contributed by atoms with van der Waals surface area (Å²) in [4.78, 5) is 4.38. The average molecular weight is 238 g/mol. The van der Waals surface area contributed by atoms with Gasteiger partial charge in [0, 0.05) is 18.3 Å². The molecule has 2 rings (SSSR count). The molecule has 90 valence electrons. The van der Waals surface area contributed by atoms with Crippen LogP contribution in [-0.2, 0) is 12.8 Å². The van der Waals surface area contributed by atoms with Gasteiger partial charge in [-0.3, -0.25) is 4.98 Å². The fourth-order valence-electron chi connectivity index (χ4n) is 1.76. The van der Waals surface area contributed by atoms with E-state index in [4.69, 9.17) is 5.26 Å². The van der Waals surface area contributed by atoms with Crippen LogP contribution in [0.15, 0.2) is 36.5 Å². The number of rotatable bonds is 3. The summed E-state index contributed by atoms with van der Waals surface area (Å²) in [6, 6.07) is 11.1. The van der Waals surface area contributed by atoms with Crippen LogP contribution in [0.25, 0.3) is 0 Å². The summed E-state index contributed by atoms with van der Waals surface area (Å²) in [6.45, 7) is 2.09. The van der Waals surface area contributed by atoms with E-state index in [0.717, 1.165) is 17.7 Å². The van der Waals surface area contributed by atoms with Gasteiger partial charge in [-0.1, -0.05) is 19.1 Å². The fraction of sp³-hybridized carbons (Fsp3) is 0.200. The Labute approximate surface area is 106 Å². The largest absolute Gasteiger partial charge is 0.507 e. The minimum Gasteiger partial charge on any atom is -0.507 e. The van der Waals surface area contributed by atoms with E-state index < -0.39 is 0 Å². The maximum atomic E-state index is 9.43. The molecule has 0 fully saturated rings. The number of nitriles is 1. The fourth-order valence-corrected chi connectivity index (χ4v) is 1.76. The van der Waals surface area contributed by atoms with E-state index in [1.165, 1.54) is 5.56 Å². The summed E-state index contributed by atoms with van der Waals surface area (Å²) in [5.41, 5.74) is 3.45. The van der Waals surface area contributed by atoms with Gasteiger partial charge in [0.05, 0.1) is 5.56 Å². The van der Waals surface area contributed by atoms with E-state index in [0.29, 0.717) is 12.0 Å². The first-order valence-corrected chi connectivity index (χ1v) is 5.88. The Hall–Kier alpha value is -2.34. The van der Waals surface area contributed by atoms with Crippen molar-refractivity contribution in [2.24, 2.45) is 0 Å². The van der Waals surface area contributed by atoms with Crippen molar-refractivity contribution in [1.82, 2.24) is 4.98 Å². The summed E-state index contributed by atoms with van der Waals surface area (Å²) < 4.78 is 0. The number of phenolic OH excluding ortho intramolecular Hbond substituents is 1. The highest BCUT2D eigenvalue weighted by Gasteiger charge is 2.03. The molecule has 1 aromatic heterocycles. The smallest absolute Gasteiger partial charge is 0.133 e. The molecule has 0 atom stereocenters. The maximum absolute atomic E-state index is 9.43. The van der Waals surface area contributed by atoms with E-state index in [9.17, 15) is 5.11 Å². The Kier molecular flexibility index (Phi) is 3.59. The lowest BCUT2D eigenvalue weighted by Gasteiger charge is -2.04. The van der Waals surface area contributed by atoms with Crippen molar-refractivity contribution >= 4 is 0 Å². The zero-order valence-electron chi connectivity index (χ0n) is 10.2. The minimum absolute atomic E-state index is 0.0236. The van der Waals surface area contributed by atoms with Crippen molar-refractivity contribution in [2.45, 2.75) is 19.8 Å². The molecular weight excluding hydrogens is 224 g/mol. The van der Waals surface area contributed by atoms with Gasteiger partial charge >= 0.3 is 0 Å². The van der Waals surface area contributed by atoms with Gasteiger partial charge in [-0.05, 0) is 35.7 Å². The number of phenols is 1. The minimum atomic E-state index is 0.0236. The standard InChI is InChI=1S/C15H14N2O/c1-2-11-3-5-14(17-10-11)8-12-4-6-15(18)13(7-12)9-16/h3-7,10,18H,2,8H2,1H3. The van der Waals surface area contributed by atoms with Gasteiger partial charge in [0.2, 0.25) is 0 Å². The second-order valence-electron chi connectivity index (χ2n) is 4.15. The summed E-state index contributed by atoms with van der Waals surface area (Å²) in [5, 5.41) is 18.3. The van der Waals surface area contributed by atoms with Crippen LogP contribution >= 0.6 is 0 Å². The van der Waals surface area contributed by atoms with Gasteiger partial charge in [0.1, 0.15) is 11.8 Å². The zero-order valence-corrected chi connectivity index (χ0v) is 10.2. The summed E-state index contributed by atoms with van der Waals surface area (Å²) in [5.74, 6) is 0.0236.